The summed E-state index contributed by atoms with van der Waals surface area (Å²) in [6, 6.07) is 5.03. The zero-order valence-corrected chi connectivity index (χ0v) is 20.0. The number of thiazole rings is 1. The molecule has 10 heteroatoms. The van der Waals surface area contributed by atoms with Crippen LogP contribution in [-0.4, -0.2) is 43.2 Å². The lowest BCUT2D eigenvalue weighted by atomic mass is 10.1. The third kappa shape index (κ3) is 7.98. The second kappa shape index (κ2) is 11.9. The van der Waals surface area contributed by atoms with Crippen LogP contribution < -0.4 is 15.5 Å². The minimum Gasteiger partial charge on any atom is -0.387 e. The number of aromatic nitrogens is 1. The highest BCUT2D eigenvalue weighted by atomic mass is 127. The molecule has 0 saturated heterocycles. The number of halogens is 3. The minimum atomic E-state index is -0.755. The summed E-state index contributed by atoms with van der Waals surface area (Å²) in [6.07, 6.45) is -0.755. The number of nitrogens with one attached hydrogen (secondary N) is 2. The van der Waals surface area contributed by atoms with Crippen molar-refractivity contribution in [2.45, 2.75) is 19.6 Å². The molecule has 0 fully saturated rings. The summed E-state index contributed by atoms with van der Waals surface area (Å²) in [7, 11) is 3.92. The molecule has 1 unspecified atom stereocenters. The summed E-state index contributed by atoms with van der Waals surface area (Å²) < 4.78 is 0. The summed E-state index contributed by atoms with van der Waals surface area (Å²) in [5.74, 6) is 0.610. The highest BCUT2D eigenvalue weighted by Crippen LogP contribution is 2.23. The molecule has 1 heterocycles. The summed E-state index contributed by atoms with van der Waals surface area (Å²) >= 11 is 13.6. The van der Waals surface area contributed by atoms with E-state index in [1.165, 1.54) is 0 Å². The number of rotatable bonds is 7. The van der Waals surface area contributed by atoms with Crippen LogP contribution in [0.5, 0.6) is 0 Å². The monoisotopic (exact) mass is 543 g/mol. The highest BCUT2D eigenvalue weighted by Gasteiger charge is 2.11. The maximum absolute atomic E-state index is 10.4. The molecular weight excluding hydrogens is 520 g/mol. The van der Waals surface area contributed by atoms with Crippen LogP contribution in [0.25, 0.3) is 0 Å². The molecule has 0 radical (unpaired) electrons. The van der Waals surface area contributed by atoms with Crippen molar-refractivity contribution in [2.75, 3.05) is 32.1 Å². The second-order valence-electron chi connectivity index (χ2n) is 5.81. The number of nitrogens with zero attached hydrogens (tertiary/aromatic N) is 3. The van der Waals surface area contributed by atoms with Crippen LogP contribution in [0.3, 0.4) is 0 Å². The van der Waals surface area contributed by atoms with Crippen molar-refractivity contribution in [3.8, 4) is 0 Å². The molecule has 2 rings (SSSR count). The number of guanidine groups is 1. The first-order valence-corrected chi connectivity index (χ1v) is 9.80. The van der Waals surface area contributed by atoms with Gasteiger partial charge in [0.05, 0.1) is 18.3 Å². The molecular formula is C17H24Cl2IN5OS. The summed E-state index contributed by atoms with van der Waals surface area (Å²) in [5.41, 5.74) is 1.55. The molecule has 2 aromatic rings. The standard InChI is InChI=1S/C17H23Cl2N5OS.HI/c1-4-20-16(21-8-14-10-26-17(23-14)24(2)3)22-9-15(25)11-5-12(18)7-13(19)6-11;/h5-7,10,15,25H,4,8-9H2,1-3H3,(H2,20,21,22);1H. The Bertz CT molecular complexity index is 736. The van der Waals surface area contributed by atoms with Crippen LogP contribution >= 0.6 is 58.5 Å². The molecule has 0 aliphatic carbocycles. The van der Waals surface area contributed by atoms with E-state index in [2.05, 4.69) is 20.6 Å². The van der Waals surface area contributed by atoms with Crippen LogP contribution in [-0.2, 0) is 6.54 Å². The molecule has 0 aliphatic rings. The molecule has 27 heavy (non-hydrogen) atoms. The van der Waals surface area contributed by atoms with Gasteiger partial charge in [0.25, 0.3) is 0 Å². The van der Waals surface area contributed by atoms with E-state index in [4.69, 9.17) is 23.2 Å². The average Bonchev–Trinajstić information content (AvgIpc) is 3.05. The van der Waals surface area contributed by atoms with Gasteiger partial charge >= 0.3 is 0 Å². The molecule has 0 spiro atoms. The molecule has 1 atom stereocenters. The van der Waals surface area contributed by atoms with E-state index in [-0.39, 0.29) is 30.5 Å². The van der Waals surface area contributed by atoms with Crippen LogP contribution in [0, 0.1) is 0 Å². The lowest BCUT2D eigenvalue weighted by Crippen LogP contribution is -2.39. The molecule has 0 saturated carbocycles. The van der Waals surface area contributed by atoms with Gasteiger partial charge in [-0.15, -0.1) is 35.3 Å². The third-order valence-corrected chi connectivity index (χ3v) is 4.89. The molecule has 6 nitrogen and oxygen atoms in total. The Morgan fingerprint density at radius 3 is 2.48 bits per heavy atom. The van der Waals surface area contributed by atoms with Gasteiger partial charge < -0.3 is 20.6 Å². The van der Waals surface area contributed by atoms with E-state index in [0.717, 1.165) is 10.8 Å². The van der Waals surface area contributed by atoms with E-state index in [1.54, 1.807) is 29.5 Å². The fraction of sp³-hybridized carbons (Fsp3) is 0.412. The number of benzene rings is 1. The van der Waals surface area contributed by atoms with Gasteiger partial charge in [-0.25, -0.2) is 9.98 Å². The molecule has 0 aliphatic heterocycles. The largest absolute Gasteiger partial charge is 0.387 e. The van der Waals surface area contributed by atoms with Gasteiger partial charge in [0.2, 0.25) is 0 Å². The van der Waals surface area contributed by atoms with Crippen LogP contribution in [0.4, 0.5) is 5.13 Å². The number of aliphatic hydroxyl groups excluding tert-OH is 1. The fourth-order valence-electron chi connectivity index (χ4n) is 2.15. The van der Waals surface area contributed by atoms with Gasteiger partial charge in [-0.3, -0.25) is 0 Å². The number of aliphatic imine (C=N–C) groups is 1. The second-order valence-corrected chi connectivity index (χ2v) is 7.52. The van der Waals surface area contributed by atoms with Crippen LogP contribution in [0.2, 0.25) is 10.0 Å². The highest BCUT2D eigenvalue weighted by molar-refractivity contribution is 14.0. The summed E-state index contributed by atoms with van der Waals surface area (Å²) in [5, 5.41) is 20.6. The fourth-order valence-corrected chi connectivity index (χ4v) is 3.45. The maximum Gasteiger partial charge on any atom is 0.191 e. The van der Waals surface area contributed by atoms with Crippen LogP contribution in [0.1, 0.15) is 24.3 Å². The molecule has 0 bridgehead atoms. The average molecular weight is 544 g/mol. The van der Waals surface area contributed by atoms with Gasteiger partial charge in [-0.05, 0) is 30.7 Å². The first-order chi connectivity index (χ1) is 12.4. The first-order valence-electron chi connectivity index (χ1n) is 8.17. The van der Waals surface area contributed by atoms with Crippen molar-refractivity contribution in [1.82, 2.24) is 15.6 Å². The molecule has 0 amide bonds. The van der Waals surface area contributed by atoms with Crippen molar-refractivity contribution >= 4 is 69.6 Å². The van der Waals surface area contributed by atoms with E-state index >= 15 is 0 Å². The van der Waals surface area contributed by atoms with E-state index in [0.29, 0.717) is 34.7 Å². The van der Waals surface area contributed by atoms with Gasteiger partial charge in [0, 0.05) is 42.6 Å². The predicted molar refractivity (Wildman–Crippen MR) is 126 cm³/mol. The third-order valence-electron chi connectivity index (χ3n) is 3.40. The van der Waals surface area contributed by atoms with Gasteiger partial charge in [0.1, 0.15) is 0 Å². The molecule has 1 aromatic carbocycles. The van der Waals surface area contributed by atoms with Gasteiger partial charge in [0.15, 0.2) is 11.1 Å². The van der Waals surface area contributed by atoms with Crippen molar-refractivity contribution < 1.29 is 5.11 Å². The quantitative estimate of drug-likeness (QED) is 0.280. The Hall–Kier alpha value is -0.810. The van der Waals surface area contributed by atoms with Gasteiger partial charge in [-0.1, -0.05) is 23.2 Å². The zero-order chi connectivity index (χ0) is 19.1. The summed E-state index contributed by atoms with van der Waals surface area (Å²) in [4.78, 5) is 11.0. The number of anilines is 1. The Morgan fingerprint density at radius 1 is 1.26 bits per heavy atom. The zero-order valence-electron chi connectivity index (χ0n) is 15.4. The number of aliphatic hydroxyl groups is 1. The Morgan fingerprint density at radius 2 is 1.93 bits per heavy atom. The summed E-state index contributed by atoms with van der Waals surface area (Å²) in [6.45, 7) is 3.43. The van der Waals surface area contributed by atoms with E-state index in [9.17, 15) is 5.11 Å². The van der Waals surface area contributed by atoms with Crippen LogP contribution in [0.15, 0.2) is 28.6 Å². The molecule has 1 aromatic heterocycles. The van der Waals surface area contributed by atoms with Crippen molar-refractivity contribution in [3.63, 3.8) is 0 Å². The normalized spacial score (nSPS) is 12.3. The topological polar surface area (TPSA) is 72.8 Å². The minimum absolute atomic E-state index is 0. The van der Waals surface area contributed by atoms with E-state index in [1.807, 2.05) is 31.3 Å². The SMILES string of the molecule is CCNC(=NCc1csc(N(C)C)n1)NCC(O)c1cc(Cl)cc(Cl)c1.I. The van der Waals surface area contributed by atoms with Crippen molar-refractivity contribution in [1.29, 1.82) is 0 Å². The molecule has 150 valence electrons. The predicted octanol–water partition coefficient (Wildman–Crippen LogP) is 3.92. The lowest BCUT2D eigenvalue weighted by Gasteiger charge is -2.16. The van der Waals surface area contributed by atoms with Crippen molar-refractivity contribution in [3.05, 3.63) is 44.9 Å². The van der Waals surface area contributed by atoms with Gasteiger partial charge in [-0.2, -0.15) is 0 Å². The van der Waals surface area contributed by atoms with Crippen molar-refractivity contribution in [2.24, 2.45) is 4.99 Å². The lowest BCUT2D eigenvalue weighted by molar-refractivity contribution is 0.181. The smallest absolute Gasteiger partial charge is 0.191 e. The maximum atomic E-state index is 10.4. The number of hydrogen-bond acceptors (Lipinski definition) is 5. The first kappa shape index (κ1) is 24.2. The Kier molecular flexibility index (Phi) is 10.7. The van der Waals surface area contributed by atoms with E-state index < -0.39 is 6.10 Å². The molecule has 3 N–H and O–H groups in total. The Balaban J connectivity index is 0.00000364. The number of hydrogen-bond donors (Lipinski definition) is 3. The Labute approximate surface area is 191 Å².